The normalized spacial score (nSPS) is 22.1. The molecule has 0 saturated carbocycles. The summed E-state index contributed by atoms with van der Waals surface area (Å²) in [7, 11) is 1.77. The minimum Gasteiger partial charge on any atom is -0.508 e. The predicted molar refractivity (Wildman–Crippen MR) is 130 cm³/mol. The molecule has 5 rings (SSSR count). The third-order valence-corrected chi connectivity index (χ3v) is 7.42. The van der Waals surface area contributed by atoms with E-state index in [9.17, 15) is 5.11 Å². The molecule has 5 heteroatoms. The van der Waals surface area contributed by atoms with Gasteiger partial charge in [-0.1, -0.05) is 30.8 Å². The maximum absolute atomic E-state index is 9.77. The number of aromatic amines is 1. The summed E-state index contributed by atoms with van der Waals surface area (Å²) in [6.07, 6.45) is 5.83. The van der Waals surface area contributed by atoms with Crippen LogP contribution in [0.3, 0.4) is 0 Å². The van der Waals surface area contributed by atoms with Crippen LogP contribution in [0.15, 0.2) is 49.2 Å². The average molecular weight is 432 g/mol. The number of fused-ring (bicyclic) bond motifs is 2. The Kier molecular flexibility index (Phi) is 5.70. The number of aliphatic hydroxyl groups is 1. The summed E-state index contributed by atoms with van der Waals surface area (Å²) in [5.41, 5.74) is 5.72. The van der Waals surface area contributed by atoms with Gasteiger partial charge in [0.15, 0.2) is 0 Å². The minimum absolute atomic E-state index is 0.119. The molecule has 1 aromatic heterocycles. The van der Waals surface area contributed by atoms with Gasteiger partial charge in [0.2, 0.25) is 0 Å². The molecule has 1 unspecified atom stereocenters. The van der Waals surface area contributed by atoms with Crippen LogP contribution >= 0.6 is 0 Å². The van der Waals surface area contributed by atoms with Crippen molar-refractivity contribution in [1.82, 2.24) is 14.8 Å². The summed E-state index contributed by atoms with van der Waals surface area (Å²) in [5.74, 6) is 1.08. The summed E-state index contributed by atoms with van der Waals surface area (Å²) in [6.45, 7) is 9.93. The van der Waals surface area contributed by atoms with Crippen molar-refractivity contribution in [2.24, 2.45) is 0 Å². The lowest BCUT2D eigenvalue weighted by Gasteiger charge is -2.32. The molecular weight excluding hydrogens is 398 g/mol. The molecule has 0 aliphatic carbocycles. The summed E-state index contributed by atoms with van der Waals surface area (Å²) in [5, 5.41) is 11.0. The maximum atomic E-state index is 9.77. The van der Waals surface area contributed by atoms with Crippen molar-refractivity contribution in [2.45, 2.75) is 44.8 Å². The minimum atomic E-state index is 0.119. The lowest BCUT2D eigenvalue weighted by atomic mass is 10.00. The van der Waals surface area contributed by atoms with Gasteiger partial charge in [-0.05, 0) is 56.0 Å². The molecular formula is C27H33N3O2. The second kappa shape index (κ2) is 8.64. The largest absolute Gasteiger partial charge is 0.508 e. The number of nitrogens with zero attached hydrogens (tertiary/aromatic N) is 2. The van der Waals surface area contributed by atoms with E-state index in [0.717, 1.165) is 30.9 Å². The van der Waals surface area contributed by atoms with Gasteiger partial charge in [-0.25, -0.2) is 0 Å². The molecule has 2 atom stereocenters. The lowest BCUT2D eigenvalue weighted by Crippen LogP contribution is -2.35. The number of rotatable bonds is 5. The molecule has 2 aromatic carbocycles. The molecule has 168 valence electrons. The van der Waals surface area contributed by atoms with Gasteiger partial charge < -0.3 is 14.8 Å². The highest BCUT2D eigenvalue weighted by Gasteiger charge is 2.34. The van der Waals surface area contributed by atoms with Crippen molar-refractivity contribution in [1.29, 1.82) is 0 Å². The van der Waals surface area contributed by atoms with Crippen LogP contribution < -0.4 is 4.74 Å². The van der Waals surface area contributed by atoms with Crippen LogP contribution in [0.4, 0.5) is 0 Å². The predicted octanol–water partition coefficient (Wildman–Crippen LogP) is 5.43. The van der Waals surface area contributed by atoms with Gasteiger partial charge in [-0.15, -0.1) is 0 Å². The molecule has 5 nitrogen and oxygen atoms in total. The van der Waals surface area contributed by atoms with Crippen molar-refractivity contribution < 1.29 is 9.84 Å². The Morgan fingerprint density at radius 3 is 2.75 bits per heavy atom. The van der Waals surface area contributed by atoms with Gasteiger partial charge in [-0.3, -0.25) is 9.80 Å². The fourth-order valence-corrected chi connectivity index (χ4v) is 5.66. The fourth-order valence-electron chi connectivity index (χ4n) is 5.66. The average Bonchev–Trinajstić information content (AvgIpc) is 3.43. The molecule has 0 spiro atoms. The van der Waals surface area contributed by atoms with Crippen molar-refractivity contribution in [3.05, 3.63) is 71.4 Å². The first-order valence-electron chi connectivity index (χ1n) is 11.6. The number of aromatic nitrogens is 1. The number of benzene rings is 2. The molecule has 0 radical (unpaired) electrons. The summed E-state index contributed by atoms with van der Waals surface area (Å²) < 4.78 is 5.85. The van der Waals surface area contributed by atoms with E-state index in [1.54, 1.807) is 7.11 Å². The highest BCUT2D eigenvalue weighted by Crippen LogP contribution is 2.37. The SMILES string of the molecule is C=C(O)c1ccc(C2CN3CCC[C@@H]3CCN2Cc2c(OC)cc(C)c3[nH]ccc23)cc1. The van der Waals surface area contributed by atoms with E-state index in [2.05, 4.69) is 52.6 Å². The highest BCUT2D eigenvalue weighted by atomic mass is 16.5. The van der Waals surface area contributed by atoms with Crippen LogP contribution in [0.2, 0.25) is 0 Å². The third kappa shape index (κ3) is 3.80. The van der Waals surface area contributed by atoms with E-state index in [-0.39, 0.29) is 5.76 Å². The number of methoxy groups -OCH3 is 1. The lowest BCUT2D eigenvalue weighted by molar-refractivity contribution is 0.172. The second-order valence-corrected chi connectivity index (χ2v) is 9.28. The number of H-pyrrole nitrogens is 1. The molecule has 2 aliphatic rings. The Bertz CT molecular complexity index is 1120. The van der Waals surface area contributed by atoms with Crippen LogP contribution in [-0.2, 0) is 6.54 Å². The van der Waals surface area contributed by atoms with Crippen molar-refractivity contribution in [2.75, 3.05) is 26.7 Å². The van der Waals surface area contributed by atoms with Crippen LogP contribution in [0.1, 0.15) is 47.6 Å². The van der Waals surface area contributed by atoms with Crippen LogP contribution in [0.25, 0.3) is 16.7 Å². The van der Waals surface area contributed by atoms with E-state index in [1.807, 2.05) is 18.3 Å². The highest BCUT2D eigenvalue weighted by molar-refractivity contribution is 5.88. The van der Waals surface area contributed by atoms with E-state index < -0.39 is 0 Å². The Labute approximate surface area is 190 Å². The number of aryl methyl sites for hydroxylation is 1. The standard InChI is InChI=1S/C27H33N3O2/c1-18-15-26(32-3)24(23-10-12-28-27(18)23)16-30-14-11-22-5-4-13-29(22)17-25(30)21-8-6-20(7-9-21)19(2)31/h6-10,12,15,22,25,28,31H,2,4-5,11,13-14,16-17H2,1,3H3/t22-,25?/m1/s1. The van der Waals surface area contributed by atoms with Gasteiger partial charge in [-0.2, -0.15) is 0 Å². The number of aliphatic hydroxyl groups excluding tert-OH is 1. The van der Waals surface area contributed by atoms with Gasteiger partial charge in [0, 0.05) is 59.9 Å². The first kappa shape index (κ1) is 21.1. The smallest absolute Gasteiger partial charge is 0.124 e. The first-order chi connectivity index (χ1) is 15.5. The van der Waals surface area contributed by atoms with Crippen LogP contribution in [-0.4, -0.2) is 52.7 Å². The monoisotopic (exact) mass is 431 g/mol. The molecule has 2 N–H and O–H groups in total. The first-order valence-corrected chi connectivity index (χ1v) is 11.6. The van der Waals surface area contributed by atoms with E-state index in [0.29, 0.717) is 12.1 Å². The third-order valence-electron chi connectivity index (χ3n) is 7.42. The topological polar surface area (TPSA) is 51.7 Å². The zero-order valence-corrected chi connectivity index (χ0v) is 19.1. The van der Waals surface area contributed by atoms with Crippen molar-refractivity contribution in [3.63, 3.8) is 0 Å². The zero-order chi connectivity index (χ0) is 22.2. The Balaban J connectivity index is 1.53. The molecule has 2 fully saturated rings. The van der Waals surface area contributed by atoms with Crippen molar-refractivity contribution in [3.8, 4) is 5.75 Å². The molecule has 0 bridgehead atoms. The van der Waals surface area contributed by atoms with E-state index >= 15 is 0 Å². The fraction of sp³-hybridized carbons (Fsp3) is 0.407. The second-order valence-electron chi connectivity index (χ2n) is 9.28. The van der Waals surface area contributed by atoms with Crippen LogP contribution in [0, 0.1) is 6.92 Å². The van der Waals surface area contributed by atoms with Gasteiger partial charge in [0.1, 0.15) is 11.5 Å². The number of nitrogens with one attached hydrogen (secondary N) is 1. The maximum Gasteiger partial charge on any atom is 0.124 e. The quantitative estimate of drug-likeness (QED) is 0.529. The molecule has 2 aliphatic heterocycles. The molecule has 2 saturated heterocycles. The zero-order valence-electron chi connectivity index (χ0n) is 19.1. The summed E-state index contributed by atoms with van der Waals surface area (Å²) >= 11 is 0. The Hall–Kier alpha value is -2.76. The van der Waals surface area contributed by atoms with E-state index in [4.69, 9.17) is 4.74 Å². The molecule has 3 aromatic rings. The van der Waals surface area contributed by atoms with Gasteiger partial charge in [0.25, 0.3) is 0 Å². The van der Waals surface area contributed by atoms with Gasteiger partial charge >= 0.3 is 0 Å². The Morgan fingerprint density at radius 2 is 2.00 bits per heavy atom. The number of hydrogen-bond donors (Lipinski definition) is 2. The molecule has 3 heterocycles. The summed E-state index contributed by atoms with van der Waals surface area (Å²) in [4.78, 5) is 8.72. The van der Waals surface area contributed by atoms with Crippen molar-refractivity contribution >= 4 is 16.7 Å². The summed E-state index contributed by atoms with van der Waals surface area (Å²) in [6, 6.07) is 13.6. The number of hydrogen-bond acceptors (Lipinski definition) is 4. The molecule has 32 heavy (non-hydrogen) atoms. The number of ether oxygens (including phenoxy) is 1. The van der Waals surface area contributed by atoms with E-state index in [1.165, 1.54) is 53.4 Å². The van der Waals surface area contributed by atoms with Crippen LogP contribution in [0.5, 0.6) is 5.75 Å². The Morgan fingerprint density at radius 1 is 1.19 bits per heavy atom. The van der Waals surface area contributed by atoms with Gasteiger partial charge in [0.05, 0.1) is 7.11 Å². The molecule has 0 amide bonds.